The average molecular weight is 347 g/mol. The Balaban J connectivity index is 1.84. The molecule has 0 unspecified atom stereocenters. The summed E-state index contributed by atoms with van der Waals surface area (Å²) in [6.07, 6.45) is 2.38. The number of ether oxygens (including phenoxy) is 1. The van der Waals surface area contributed by atoms with Crippen molar-refractivity contribution in [3.05, 3.63) is 44.7 Å². The molecule has 0 aliphatic heterocycles. The molecule has 2 rings (SSSR count). The SMILES string of the molecule is COc1ccc(Nc2c(NCCCCCC(=O)NO)c(=O)c2=O)cc1. The number of methoxy groups -OCH3 is 1. The molecule has 1 amide bonds. The van der Waals surface area contributed by atoms with Gasteiger partial charge in [0.05, 0.1) is 7.11 Å². The molecule has 2 aromatic rings. The quantitative estimate of drug-likeness (QED) is 0.223. The minimum atomic E-state index is -0.544. The predicted molar refractivity (Wildman–Crippen MR) is 94.5 cm³/mol. The molecule has 0 spiro atoms. The standard InChI is InChI=1S/C17H21N3O5/c1-25-12-8-6-11(7-9-12)19-15-14(16(22)17(15)23)18-10-4-2-3-5-13(21)20-24/h6-9,18-19,24H,2-5,10H2,1H3,(H,20,21). The van der Waals surface area contributed by atoms with Crippen LogP contribution in [0.1, 0.15) is 25.7 Å². The number of hydrogen-bond acceptors (Lipinski definition) is 7. The summed E-state index contributed by atoms with van der Waals surface area (Å²) in [6.45, 7) is 0.517. The van der Waals surface area contributed by atoms with Crippen LogP contribution in [0.2, 0.25) is 0 Å². The van der Waals surface area contributed by atoms with Crippen LogP contribution in [-0.2, 0) is 4.79 Å². The van der Waals surface area contributed by atoms with Crippen LogP contribution in [0.3, 0.4) is 0 Å². The van der Waals surface area contributed by atoms with Gasteiger partial charge in [-0.15, -0.1) is 0 Å². The second kappa shape index (κ2) is 8.84. The van der Waals surface area contributed by atoms with Gasteiger partial charge in [-0.25, -0.2) is 5.48 Å². The third kappa shape index (κ3) is 4.80. The maximum Gasteiger partial charge on any atom is 0.253 e. The molecule has 0 aliphatic carbocycles. The highest BCUT2D eigenvalue weighted by molar-refractivity contribution is 5.78. The number of anilines is 3. The minimum absolute atomic E-state index is 0.251. The van der Waals surface area contributed by atoms with Crippen molar-refractivity contribution in [3.8, 4) is 5.75 Å². The maximum absolute atomic E-state index is 11.7. The highest BCUT2D eigenvalue weighted by Crippen LogP contribution is 2.22. The van der Waals surface area contributed by atoms with Gasteiger partial charge in [0.2, 0.25) is 5.91 Å². The Morgan fingerprint density at radius 1 is 1.04 bits per heavy atom. The number of carbonyl (C=O) groups is 1. The van der Waals surface area contributed by atoms with Gasteiger partial charge < -0.3 is 15.4 Å². The molecule has 134 valence electrons. The smallest absolute Gasteiger partial charge is 0.253 e. The van der Waals surface area contributed by atoms with Crippen LogP contribution in [-0.4, -0.2) is 24.8 Å². The molecule has 0 atom stereocenters. The lowest BCUT2D eigenvalue weighted by Crippen LogP contribution is -2.36. The van der Waals surface area contributed by atoms with Crippen molar-refractivity contribution < 1.29 is 14.7 Å². The first-order chi connectivity index (χ1) is 12.1. The number of rotatable bonds is 10. The van der Waals surface area contributed by atoms with Crippen molar-refractivity contribution in [1.29, 1.82) is 0 Å². The van der Waals surface area contributed by atoms with Crippen LogP contribution >= 0.6 is 0 Å². The van der Waals surface area contributed by atoms with Gasteiger partial charge in [0, 0.05) is 18.7 Å². The summed E-state index contributed by atoms with van der Waals surface area (Å²) >= 11 is 0. The van der Waals surface area contributed by atoms with Gasteiger partial charge in [0.25, 0.3) is 10.9 Å². The number of benzene rings is 1. The molecule has 0 radical (unpaired) electrons. The Bertz CT molecular complexity index is 779. The third-order valence-corrected chi connectivity index (χ3v) is 3.78. The third-order valence-electron chi connectivity index (χ3n) is 3.78. The lowest BCUT2D eigenvalue weighted by atomic mass is 10.1. The largest absolute Gasteiger partial charge is 0.497 e. The molecule has 2 aromatic carbocycles. The van der Waals surface area contributed by atoms with Gasteiger partial charge in [0.15, 0.2) is 0 Å². The zero-order valence-electron chi connectivity index (χ0n) is 13.9. The molecular weight excluding hydrogens is 326 g/mol. The first-order valence-corrected chi connectivity index (χ1v) is 7.98. The molecule has 0 aliphatic rings. The molecule has 8 nitrogen and oxygen atoms in total. The van der Waals surface area contributed by atoms with E-state index in [2.05, 4.69) is 10.6 Å². The molecule has 0 saturated heterocycles. The number of hydroxylamine groups is 1. The molecule has 25 heavy (non-hydrogen) atoms. The highest BCUT2D eigenvalue weighted by atomic mass is 16.5. The summed E-state index contributed by atoms with van der Waals surface area (Å²) in [6, 6.07) is 7.02. The Hall–Kier alpha value is -2.87. The minimum Gasteiger partial charge on any atom is -0.497 e. The van der Waals surface area contributed by atoms with E-state index in [4.69, 9.17) is 9.94 Å². The van der Waals surface area contributed by atoms with Crippen molar-refractivity contribution in [3.63, 3.8) is 0 Å². The van der Waals surface area contributed by atoms with E-state index in [9.17, 15) is 14.4 Å². The van der Waals surface area contributed by atoms with Crippen molar-refractivity contribution in [2.75, 3.05) is 24.3 Å². The monoisotopic (exact) mass is 347 g/mol. The van der Waals surface area contributed by atoms with E-state index in [1.54, 1.807) is 36.9 Å². The molecule has 0 bridgehead atoms. The zero-order chi connectivity index (χ0) is 18.2. The van der Waals surface area contributed by atoms with Crippen molar-refractivity contribution in [2.45, 2.75) is 25.7 Å². The molecule has 0 heterocycles. The van der Waals surface area contributed by atoms with Gasteiger partial charge in [-0.05, 0) is 37.1 Å². The van der Waals surface area contributed by atoms with Crippen LogP contribution in [0.5, 0.6) is 5.75 Å². The molecule has 0 fully saturated rings. The summed E-state index contributed by atoms with van der Waals surface area (Å²) in [5.41, 5.74) is 1.73. The van der Waals surface area contributed by atoms with E-state index in [0.717, 1.165) is 12.8 Å². The number of carbonyl (C=O) groups excluding carboxylic acids is 1. The predicted octanol–water partition coefficient (Wildman–Crippen LogP) is 1.51. The number of nitrogens with one attached hydrogen (secondary N) is 3. The summed E-state index contributed by atoms with van der Waals surface area (Å²) in [7, 11) is 1.57. The van der Waals surface area contributed by atoms with E-state index in [0.29, 0.717) is 24.4 Å². The van der Waals surface area contributed by atoms with Crippen molar-refractivity contribution in [1.82, 2.24) is 5.48 Å². The normalized spacial score (nSPS) is 10.5. The molecular formula is C17H21N3O5. The fourth-order valence-electron chi connectivity index (χ4n) is 2.35. The molecule has 8 heteroatoms. The second-order valence-electron chi connectivity index (χ2n) is 5.53. The van der Waals surface area contributed by atoms with E-state index in [1.807, 2.05) is 0 Å². The maximum atomic E-state index is 11.7. The highest BCUT2D eigenvalue weighted by Gasteiger charge is 2.20. The van der Waals surface area contributed by atoms with Gasteiger partial charge in [-0.2, -0.15) is 0 Å². The van der Waals surface area contributed by atoms with Crippen molar-refractivity contribution >= 4 is 23.0 Å². The van der Waals surface area contributed by atoms with Crippen LogP contribution in [0, 0.1) is 0 Å². The molecule has 0 aromatic heterocycles. The second-order valence-corrected chi connectivity index (χ2v) is 5.53. The molecule has 0 saturated carbocycles. The first-order valence-electron chi connectivity index (χ1n) is 7.98. The summed E-state index contributed by atoms with van der Waals surface area (Å²) < 4.78 is 5.07. The number of hydrogen-bond donors (Lipinski definition) is 4. The summed E-state index contributed by atoms with van der Waals surface area (Å²) in [4.78, 5) is 34.3. The Morgan fingerprint density at radius 2 is 1.72 bits per heavy atom. The fraction of sp³-hybridized carbons (Fsp3) is 0.353. The van der Waals surface area contributed by atoms with E-state index >= 15 is 0 Å². The summed E-state index contributed by atoms with van der Waals surface area (Å²) in [5.74, 6) is 0.283. The molecule has 4 N–H and O–H groups in total. The van der Waals surface area contributed by atoms with E-state index in [-0.39, 0.29) is 17.8 Å². The van der Waals surface area contributed by atoms with E-state index in [1.165, 1.54) is 0 Å². The Labute approximate surface area is 144 Å². The van der Waals surface area contributed by atoms with Crippen LogP contribution in [0.25, 0.3) is 0 Å². The fourth-order valence-corrected chi connectivity index (χ4v) is 2.35. The van der Waals surface area contributed by atoms with Crippen molar-refractivity contribution in [2.24, 2.45) is 0 Å². The number of unbranched alkanes of at least 4 members (excludes halogenated alkanes) is 2. The zero-order valence-corrected chi connectivity index (χ0v) is 13.9. The van der Waals surface area contributed by atoms with Crippen LogP contribution < -0.4 is 31.7 Å². The average Bonchev–Trinajstić information content (AvgIpc) is 2.65. The van der Waals surface area contributed by atoms with Gasteiger partial charge in [-0.1, -0.05) is 6.42 Å². The van der Waals surface area contributed by atoms with Crippen LogP contribution in [0.4, 0.5) is 17.1 Å². The topological polar surface area (TPSA) is 117 Å². The lowest BCUT2D eigenvalue weighted by Gasteiger charge is -2.15. The van der Waals surface area contributed by atoms with Gasteiger partial charge >= 0.3 is 0 Å². The van der Waals surface area contributed by atoms with Gasteiger partial charge in [-0.3, -0.25) is 19.6 Å². The number of amides is 1. The Morgan fingerprint density at radius 3 is 2.36 bits per heavy atom. The summed E-state index contributed by atoms with van der Waals surface area (Å²) in [5, 5.41) is 14.3. The lowest BCUT2D eigenvalue weighted by molar-refractivity contribution is -0.129. The Kier molecular flexibility index (Phi) is 6.53. The first kappa shape index (κ1) is 18.5. The van der Waals surface area contributed by atoms with Gasteiger partial charge in [0.1, 0.15) is 17.1 Å². The van der Waals surface area contributed by atoms with E-state index < -0.39 is 16.8 Å². The van der Waals surface area contributed by atoms with Crippen LogP contribution in [0.15, 0.2) is 33.9 Å².